The maximum atomic E-state index is 5.25. The summed E-state index contributed by atoms with van der Waals surface area (Å²) in [6.07, 6.45) is 8.67. The van der Waals surface area contributed by atoms with Crippen molar-refractivity contribution < 1.29 is 0 Å². The molecule has 1 heterocycles. The van der Waals surface area contributed by atoms with Gasteiger partial charge in [-0.05, 0) is 92.0 Å². The molecule has 0 amide bonds. The first kappa shape index (κ1) is 27.3. The van der Waals surface area contributed by atoms with E-state index in [0.717, 1.165) is 35.3 Å². The number of nitrogens with zero attached hydrogens (tertiary/aromatic N) is 2. The average Bonchev–Trinajstić information content (AvgIpc) is 3.54. The Bertz CT molecular complexity index is 2480. The monoisotopic (exact) mass is 600 g/mol. The van der Waals surface area contributed by atoms with Crippen LogP contribution in [0.25, 0.3) is 83.0 Å². The van der Waals surface area contributed by atoms with Gasteiger partial charge in [0, 0.05) is 11.3 Å². The fourth-order valence-corrected chi connectivity index (χ4v) is 7.29. The maximum Gasteiger partial charge on any atom is 0.145 e. The van der Waals surface area contributed by atoms with Gasteiger partial charge in [0.25, 0.3) is 0 Å². The van der Waals surface area contributed by atoms with E-state index in [1.807, 2.05) is 0 Å². The van der Waals surface area contributed by atoms with Gasteiger partial charge >= 0.3 is 0 Å². The molecule has 0 saturated heterocycles. The van der Waals surface area contributed by atoms with Gasteiger partial charge in [-0.1, -0.05) is 146 Å². The number of aromatic nitrogens is 2. The Hall–Kier alpha value is -5.99. The standard InChI is InChI=1S/C45H32N2/c1-4-14-31(15-5-1)32-24-26-34(27-25-32)43-37-20-10-11-21-38(37)44(33-16-6-2-7-17-33)40-30-35(28-29-39(40)43)45-46-41-22-12-13-23-42(41)47(45)36-18-8-3-9-19-36/h1-8,10-18,20-30H,9,19H2. The lowest BCUT2D eigenvalue weighted by molar-refractivity contribution is 0.960. The molecule has 0 fully saturated rings. The third kappa shape index (κ3) is 4.69. The van der Waals surface area contributed by atoms with E-state index in [9.17, 15) is 0 Å². The molecule has 2 nitrogen and oxygen atoms in total. The average molecular weight is 601 g/mol. The number of rotatable bonds is 5. The summed E-state index contributed by atoms with van der Waals surface area (Å²) >= 11 is 0. The Balaban J connectivity index is 1.33. The topological polar surface area (TPSA) is 17.8 Å². The molecule has 0 aliphatic heterocycles. The molecule has 0 unspecified atom stereocenters. The van der Waals surface area contributed by atoms with E-state index < -0.39 is 0 Å². The highest BCUT2D eigenvalue weighted by molar-refractivity contribution is 6.22. The Morgan fingerprint density at radius 1 is 0.468 bits per heavy atom. The molecular weight excluding hydrogens is 569 g/mol. The summed E-state index contributed by atoms with van der Waals surface area (Å²) < 4.78 is 2.37. The van der Waals surface area contributed by atoms with Gasteiger partial charge in [-0.3, -0.25) is 4.57 Å². The molecule has 1 aromatic heterocycles. The Morgan fingerprint density at radius 3 is 1.74 bits per heavy atom. The number of fused-ring (bicyclic) bond motifs is 3. The maximum absolute atomic E-state index is 5.25. The minimum atomic E-state index is 0.982. The molecule has 222 valence electrons. The highest BCUT2D eigenvalue weighted by Gasteiger charge is 2.20. The first-order valence-electron chi connectivity index (χ1n) is 16.4. The third-order valence-electron chi connectivity index (χ3n) is 9.47. The first-order valence-corrected chi connectivity index (χ1v) is 16.4. The van der Waals surface area contributed by atoms with Crippen molar-refractivity contribution in [2.75, 3.05) is 0 Å². The first-order chi connectivity index (χ1) is 23.3. The zero-order valence-electron chi connectivity index (χ0n) is 26.0. The number of imidazole rings is 1. The summed E-state index contributed by atoms with van der Waals surface area (Å²) in [7, 11) is 0. The van der Waals surface area contributed by atoms with E-state index >= 15 is 0 Å². The summed E-state index contributed by atoms with van der Waals surface area (Å²) in [5, 5.41) is 4.97. The summed E-state index contributed by atoms with van der Waals surface area (Å²) in [5.41, 5.74) is 11.9. The Morgan fingerprint density at radius 2 is 1.02 bits per heavy atom. The number of hydrogen-bond donors (Lipinski definition) is 0. The molecule has 9 rings (SSSR count). The second-order valence-electron chi connectivity index (χ2n) is 12.2. The number of hydrogen-bond acceptors (Lipinski definition) is 1. The molecule has 0 saturated carbocycles. The van der Waals surface area contributed by atoms with Crippen LogP contribution in [0.2, 0.25) is 0 Å². The van der Waals surface area contributed by atoms with Gasteiger partial charge in [-0.15, -0.1) is 0 Å². The quantitative estimate of drug-likeness (QED) is 0.180. The van der Waals surface area contributed by atoms with Crippen LogP contribution in [0.4, 0.5) is 0 Å². The van der Waals surface area contributed by atoms with Gasteiger partial charge in [0.2, 0.25) is 0 Å². The van der Waals surface area contributed by atoms with Crippen LogP contribution in [0.15, 0.2) is 170 Å². The van der Waals surface area contributed by atoms with E-state index in [1.165, 1.54) is 60.6 Å². The van der Waals surface area contributed by atoms with Gasteiger partial charge in [0.15, 0.2) is 0 Å². The van der Waals surface area contributed by atoms with E-state index in [0.29, 0.717) is 0 Å². The normalized spacial score (nSPS) is 13.0. The van der Waals surface area contributed by atoms with Crippen LogP contribution in [0, 0.1) is 0 Å². The molecule has 0 bridgehead atoms. The molecule has 2 heteroatoms. The van der Waals surface area contributed by atoms with Crippen LogP contribution in [-0.2, 0) is 0 Å². The fourth-order valence-electron chi connectivity index (χ4n) is 7.29. The number of allylic oxidation sites excluding steroid dienone is 4. The molecule has 0 spiro atoms. The second-order valence-corrected chi connectivity index (χ2v) is 12.2. The van der Waals surface area contributed by atoms with E-state index in [4.69, 9.17) is 4.98 Å². The van der Waals surface area contributed by atoms with Crippen LogP contribution in [-0.4, -0.2) is 9.55 Å². The molecular formula is C45H32N2. The lowest BCUT2D eigenvalue weighted by Crippen LogP contribution is -2.02. The fraction of sp³-hybridized carbons (Fsp3) is 0.0444. The molecule has 47 heavy (non-hydrogen) atoms. The lowest BCUT2D eigenvalue weighted by atomic mass is 9.85. The van der Waals surface area contributed by atoms with Crippen LogP contribution in [0.1, 0.15) is 12.8 Å². The zero-order chi connectivity index (χ0) is 31.2. The smallest absolute Gasteiger partial charge is 0.145 e. The second kappa shape index (κ2) is 11.4. The van der Waals surface area contributed by atoms with Crippen LogP contribution in [0.5, 0.6) is 0 Å². The number of benzene rings is 7. The molecule has 0 atom stereocenters. The zero-order valence-corrected chi connectivity index (χ0v) is 26.0. The summed E-state index contributed by atoms with van der Waals surface area (Å²) in [6.45, 7) is 0. The van der Waals surface area contributed by atoms with Crippen molar-refractivity contribution in [1.82, 2.24) is 9.55 Å². The van der Waals surface area contributed by atoms with Crippen LogP contribution < -0.4 is 0 Å². The van der Waals surface area contributed by atoms with Gasteiger partial charge in [0.05, 0.1) is 11.0 Å². The van der Waals surface area contributed by atoms with E-state index in [1.54, 1.807) is 0 Å². The van der Waals surface area contributed by atoms with Gasteiger partial charge in [0.1, 0.15) is 5.82 Å². The van der Waals surface area contributed by atoms with Gasteiger partial charge in [-0.25, -0.2) is 4.98 Å². The Kier molecular flexibility index (Phi) is 6.64. The molecule has 0 radical (unpaired) electrons. The third-order valence-corrected chi connectivity index (χ3v) is 9.47. The molecule has 7 aromatic carbocycles. The van der Waals surface area contributed by atoms with Crippen molar-refractivity contribution in [3.8, 4) is 44.8 Å². The highest BCUT2D eigenvalue weighted by Crippen LogP contribution is 2.45. The lowest BCUT2D eigenvalue weighted by Gasteiger charge is -2.19. The summed E-state index contributed by atoms with van der Waals surface area (Å²) in [4.78, 5) is 5.25. The van der Waals surface area contributed by atoms with Crippen molar-refractivity contribution in [1.29, 1.82) is 0 Å². The molecule has 0 N–H and O–H groups in total. The predicted molar refractivity (Wildman–Crippen MR) is 199 cm³/mol. The Labute approximate surface area is 274 Å². The van der Waals surface area contributed by atoms with E-state index in [2.05, 4.69) is 174 Å². The van der Waals surface area contributed by atoms with Crippen molar-refractivity contribution in [3.63, 3.8) is 0 Å². The van der Waals surface area contributed by atoms with Crippen molar-refractivity contribution in [2.24, 2.45) is 0 Å². The molecule has 1 aliphatic rings. The SMILES string of the molecule is C1=CCCC(n2c(-c3ccc4c(-c5ccc(-c6ccccc6)cc5)c5ccccc5c(-c5ccccc5)c4c3)nc3ccccc32)=C1. The van der Waals surface area contributed by atoms with Crippen molar-refractivity contribution in [3.05, 3.63) is 170 Å². The highest BCUT2D eigenvalue weighted by atomic mass is 15.1. The van der Waals surface area contributed by atoms with Crippen LogP contribution >= 0.6 is 0 Å². The summed E-state index contributed by atoms with van der Waals surface area (Å²) in [5.74, 6) is 0.982. The minimum absolute atomic E-state index is 0.982. The largest absolute Gasteiger partial charge is 0.296 e. The summed E-state index contributed by atoms with van der Waals surface area (Å²) in [6, 6.07) is 54.8. The minimum Gasteiger partial charge on any atom is -0.296 e. The predicted octanol–water partition coefficient (Wildman–Crippen LogP) is 12.2. The molecule has 8 aromatic rings. The number of para-hydroxylation sites is 2. The van der Waals surface area contributed by atoms with Crippen molar-refractivity contribution in [2.45, 2.75) is 12.8 Å². The van der Waals surface area contributed by atoms with E-state index in [-0.39, 0.29) is 0 Å². The van der Waals surface area contributed by atoms with Crippen LogP contribution in [0.3, 0.4) is 0 Å². The van der Waals surface area contributed by atoms with Crippen molar-refractivity contribution >= 4 is 38.3 Å². The molecule has 1 aliphatic carbocycles. The van der Waals surface area contributed by atoms with Gasteiger partial charge < -0.3 is 0 Å². The van der Waals surface area contributed by atoms with Gasteiger partial charge in [-0.2, -0.15) is 0 Å².